The first-order chi connectivity index (χ1) is 24.3. The highest BCUT2D eigenvalue weighted by atomic mass is 32.2. The highest BCUT2D eigenvalue weighted by Gasteiger charge is 2.36. The van der Waals surface area contributed by atoms with Crippen molar-refractivity contribution in [3.05, 3.63) is 63.6 Å². The van der Waals surface area contributed by atoms with Crippen LogP contribution in [0.5, 0.6) is 0 Å². The molecule has 2 saturated heterocycles. The fourth-order valence-electron chi connectivity index (χ4n) is 6.78. The van der Waals surface area contributed by atoms with Gasteiger partial charge in [-0.1, -0.05) is 61.0 Å². The molecule has 2 aliphatic heterocycles. The Labute approximate surface area is 302 Å². The summed E-state index contributed by atoms with van der Waals surface area (Å²) < 4.78 is 63.9. The van der Waals surface area contributed by atoms with Crippen molar-refractivity contribution in [1.29, 1.82) is 0 Å². The van der Waals surface area contributed by atoms with Gasteiger partial charge in [0.25, 0.3) is 0 Å². The smallest absolute Gasteiger partial charge is 0.407 e. The molecule has 0 radical (unpaired) electrons. The monoisotopic (exact) mass is 745 g/mol. The number of fused-ring (bicyclic) bond motifs is 2. The summed E-state index contributed by atoms with van der Waals surface area (Å²) in [6.45, 7) is 7.40. The van der Waals surface area contributed by atoms with Crippen molar-refractivity contribution >= 4 is 31.9 Å². The number of rotatable bonds is 10. The van der Waals surface area contributed by atoms with Gasteiger partial charge in [-0.05, 0) is 81.8 Å². The maximum absolute atomic E-state index is 13.9. The first-order valence-electron chi connectivity index (χ1n) is 18.1. The van der Waals surface area contributed by atoms with Crippen molar-refractivity contribution in [3.63, 3.8) is 0 Å². The fraction of sp³-hybridized carbons (Fsp3) is 0.611. The molecule has 2 aromatic rings. The highest BCUT2D eigenvalue weighted by molar-refractivity contribution is 7.89. The molecule has 2 fully saturated rings. The van der Waals surface area contributed by atoms with Crippen LogP contribution in [-0.2, 0) is 29.6 Å². The van der Waals surface area contributed by atoms with E-state index in [2.05, 4.69) is 15.6 Å². The van der Waals surface area contributed by atoms with E-state index in [0.717, 1.165) is 64.2 Å². The molecule has 1 amide bonds. The number of hydrogen-bond donors (Lipinski definition) is 1. The second-order valence-corrected chi connectivity index (χ2v) is 18.3. The number of benzene rings is 2. The van der Waals surface area contributed by atoms with Crippen LogP contribution < -0.4 is 5.32 Å². The largest absolute Gasteiger partial charge is 0.444 e. The number of carbonyl (C=O) groups is 1. The van der Waals surface area contributed by atoms with E-state index < -0.39 is 37.8 Å². The van der Waals surface area contributed by atoms with Gasteiger partial charge in [-0.25, -0.2) is 21.6 Å². The van der Waals surface area contributed by atoms with E-state index in [-0.39, 0.29) is 22.9 Å². The Morgan fingerprint density at radius 3 is 1.65 bits per heavy atom. The molecule has 2 heterocycles. The average Bonchev–Trinajstić information content (AvgIpc) is 3.04. The molecule has 1 aliphatic carbocycles. The zero-order valence-corrected chi connectivity index (χ0v) is 31.6. The number of carbonyl (C=O) groups excluding carboxylic acids is 1. The Bertz CT molecular complexity index is 1690. The van der Waals surface area contributed by atoms with Crippen LogP contribution in [0.2, 0.25) is 0 Å². The lowest BCUT2D eigenvalue weighted by atomic mass is 9.81. The predicted molar refractivity (Wildman–Crippen MR) is 195 cm³/mol. The molecule has 15 heteroatoms. The third kappa shape index (κ3) is 9.53. The van der Waals surface area contributed by atoms with Gasteiger partial charge in [-0.15, -0.1) is 4.91 Å². The second-order valence-electron chi connectivity index (χ2n) is 14.4. The Hall–Kier alpha value is -3.40. The van der Waals surface area contributed by atoms with E-state index in [1.165, 1.54) is 32.9 Å². The first kappa shape index (κ1) is 38.8. The number of nitroso groups, excluding NO2 is 1. The van der Waals surface area contributed by atoms with E-state index in [9.17, 15) is 26.5 Å². The molecular formula is C36H51N5O8S2. The molecule has 2 aromatic carbocycles. The zero-order valence-electron chi connectivity index (χ0n) is 29.9. The lowest BCUT2D eigenvalue weighted by Gasteiger charge is -2.29. The van der Waals surface area contributed by atoms with Gasteiger partial charge in [0.05, 0.1) is 9.79 Å². The molecule has 0 aromatic heterocycles. The molecule has 1 N–H and O–H groups in total. The number of ether oxygens (including phenoxy) is 1. The summed E-state index contributed by atoms with van der Waals surface area (Å²) >= 11 is 0. The molecule has 0 saturated carbocycles. The summed E-state index contributed by atoms with van der Waals surface area (Å²) in [5.74, 6) is 0. The number of alkyl carbamates (subject to hydrolysis) is 1. The zero-order chi connectivity index (χ0) is 36.6. The topological polar surface area (TPSA) is 164 Å². The Kier molecular flexibility index (Phi) is 12.9. The Balaban J connectivity index is 1.49. The van der Waals surface area contributed by atoms with Crippen LogP contribution in [0.4, 0.5) is 4.79 Å². The summed E-state index contributed by atoms with van der Waals surface area (Å²) in [7, 11) is -7.78. The Morgan fingerprint density at radius 1 is 0.765 bits per heavy atom. The SMILES string of the molecule is CC(C)(C)OC(=O)NCCCON=C1c2ccc(S(=O)(=O)N3CCCCCCC3)cc2C(N=O)c2cc(S(=O)(=O)N3CCCCCCC3)ccc21. The number of amides is 1. The minimum Gasteiger partial charge on any atom is -0.444 e. The van der Waals surface area contributed by atoms with Crippen molar-refractivity contribution < 1.29 is 31.2 Å². The minimum atomic E-state index is -3.89. The quantitative estimate of drug-likeness (QED) is 0.165. The van der Waals surface area contributed by atoms with Gasteiger partial charge < -0.3 is 14.9 Å². The van der Waals surface area contributed by atoms with Crippen LogP contribution in [-0.4, -0.2) is 82.2 Å². The molecule has 0 atom stereocenters. The number of nitrogens with zero attached hydrogens (tertiary/aromatic N) is 4. The third-order valence-electron chi connectivity index (χ3n) is 9.39. The molecule has 0 unspecified atom stereocenters. The molecule has 3 aliphatic rings. The van der Waals surface area contributed by atoms with Crippen molar-refractivity contribution in [2.75, 3.05) is 39.3 Å². The highest BCUT2D eigenvalue weighted by Crippen LogP contribution is 2.41. The van der Waals surface area contributed by atoms with Gasteiger partial charge in [-0.2, -0.15) is 8.61 Å². The minimum absolute atomic E-state index is 0.0387. The van der Waals surface area contributed by atoms with Crippen LogP contribution in [0, 0.1) is 4.91 Å². The maximum atomic E-state index is 13.9. The van der Waals surface area contributed by atoms with Crippen LogP contribution in [0.1, 0.15) is 120 Å². The third-order valence-corrected chi connectivity index (χ3v) is 13.2. The molecule has 51 heavy (non-hydrogen) atoms. The summed E-state index contributed by atoms with van der Waals surface area (Å²) in [4.78, 5) is 30.5. The summed E-state index contributed by atoms with van der Waals surface area (Å²) in [5.41, 5.74) is 1.24. The normalized spacial score (nSPS) is 19.7. The first-order valence-corrected chi connectivity index (χ1v) is 21.0. The van der Waals surface area contributed by atoms with Crippen LogP contribution in [0.3, 0.4) is 0 Å². The van der Waals surface area contributed by atoms with Gasteiger partial charge in [0.15, 0.2) is 0 Å². The van der Waals surface area contributed by atoms with Crippen LogP contribution in [0.15, 0.2) is 56.5 Å². The second kappa shape index (κ2) is 17.0. The summed E-state index contributed by atoms with van der Waals surface area (Å²) in [6.07, 6.45) is 8.96. The molecule has 0 spiro atoms. The molecular weight excluding hydrogens is 695 g/mol. The van der Waals surface area contributed by atoms with Crippen molar-refractivity contribution in [3.8, 4) is 0 Å². The van der Waals surface area contributed by atoms with Gasteiger partial charge in [0, 0.05) is 50.3 Å². The number of hydrogen-bond acceptors (Lipinski definition) is 10. The molecule has 280 valence electrons. The van der Waals surface area contributed by atoms with Crippen molar-refractivity contribution in [2.45, 2.75) is 113 Å². The van der Waals surface area contributed by atoms with E-state index >= 15 is 0 Å². The predicted octanol–water partition coefficient (Wildman–Crippen LogP) is 6.45. The molecule has 13 nitrogen and oxygen atoms in total. The molecule has 5 rings (SSSR count). The molecule has 0 bridgehead atoms. The van der Waals surface area contributed by atoms with Crippen molar-refractivity contribution in [1.82, 2.24) is 13.9 Å². The van der Waals surface area contributed by atoms with Gasteiger partial charge in [0.2, 0.25) is 20.0 Å². The van der Waals surface area contributed by atoms with E-state index in [4.69, 9.17) is 9.57 Å². The van der Waals surface area contributed by atoms with Crippen LogP contribution in [0.25, 0.3) is 0 Å². The van der Waals surface area contributed by atoms with Gasteiger partial charge in [0.1, 0.15) is 24.0 Å². The van der Waals surface area contributed by atoms with E-state index in [1.54, 1.807) is 32.9 Å². The summed E-state index contributed by atoms with van der Waals surface area (Å²) in [6, 6.07) is 8.02. The van der Waals surface area contributed by atoms with Crippen LogP contribution >= 0.6 is 0 Å². The van der Waals surface area contributed by atoms with E-state index in [1.807, 2.05) is 0 Å². The van der Waals surface area contributed by atoms with Gasteiger partial charge >= 0.3 is 6.09 Å². The lowest BCUT2D eigenvalue weighted by Crippen LogP contribution is -2.34. The number of sulfonamides is 2. The fourth-order valence-corrected chi connectivity index (χ4v) is 9.88. The number of oxime groups is 1. The van der Waals surface area contributed by atoms with E-state index in [0.29, 0.717) is 60.6 Å². The van der Waals surface area contributed by atoms with Gasteiger partial charge in [-0.3, -0.25) is 0 Å². The van der Waals surface area contributed by atoms with Crippen molar-refractivity contribution in [2.24, 2.45) is 10.3 Å². The lowest BCUT2D eigenvalue weighted by molar-refractivity contribution is 0.0520. The number of nitrogens with one attached hydrogen (secondary N) is 1. The average molecular weight is 746 g/mol. The Morgan fingerprint density at radius 2 is 1.22 bits per heavy atom. The summed E-state index contributed by atoms with van der Waals surface area (Å²) in [5, 5.41) is 10.5. The maximum Gasteiger partial charge on any atom is 0.407 e. The standard InChI is InChI=1S/C36H51N5O8S2/c1-36(2,3)49-35(42)37-19-14-24-48-39-34-29-17-15-27(50(44,45)40-20-10-6-4-7-11-21-40)25-31(29)33(38-43)32-26-28(16-18-30(32)34)51(46,47)41-22-12-8-5-9-13-23-41/h15-18,25-26,33H,4-14,19-24H2,1-3H3,(H,37,42).